The maximum atomic E-state index is 10.1. The van der Waals surface area contributed by atoms with Gasteiger partial charge in [-0.05, 0) is 36.7 Å². The molecule has 1 aliphatic carbocycles. The van der Waals surface area contributed by atoms with Crippen molar-refractivity contribution < 1.29 is 9.84 Å². The van der Waals surface area contributed by atoms with Gasteiger partial charge in [-0.2, -0.15) is 0 Å². The van der Waals surface area contributed by atoms with E-state index in [0.717, 1.165) is 32.3 Å². The van der Waals surface area contributed by atoms with Crippen LogP contribution in [0.25, 0.3) is 0 Å². The van der Waals surface area contributed by atoms with Gasteiger partial charge in [-0.1, -0.05) is 44.2 Å². The van der Waals surface area contributed by atoms with E-state index in [-0.39, 0.29) is 17.6 Å². The second-order valence-corrected chi connectivity index (χ2v) is 5.97. The lowest BCUT2D eigenvalue weighted by molar-refractivity contribution is -0.0500. The van der Waals surface area contributed by atoms with Gasteiger partial charge >= 0.3 is 0 Å². The molecule has 2 heteroatoms. The molecule has 100 valence electrons. The summed E-state index contributed by atoms with van der Waals surface area (Å²) in [5.74, 6) is 0. The average molecular weight is 248 g/mol. The first-order valence-corrected chi connectivity index (χ1v) is 6.93. The van der Waals surface area contributed by atoms with Crippen LogP contribution in [0.15, 0.2) is 30.3 Å². The Bertz CT molecular complexity index is 359. The van der Waals surface area contributed by atoms with Crippen molar-refractivity contribution >= 4 is 0 Å². The molecule has 0 radical (unpaired) electrons. The average Bonchev–Trinajstić information content (AvgIpc) is 2.62. The highest BCUT2D eigenvalue weighted by molar-refractivity contribution is 5.14. The minimum atomic E-state index is -0.311. The molecule has 0 aromatic heterocycles. The zero-order valence-electron chi connectivity index (χ0n) is 11.4. The van der Waals surface area contributed by atoms with Gasteiger partial charge in [0.25, 0.3) is 0 Å². The predicted octanol–water partition coefficient (Wildman–Crippen LogP) is 3.19. The topological polar surface area (TPSA) is 29.5 Å². The molecular formula is C16H24O2. The van der Waals surface area contributed by atoms with Crippen molar-refractivity contribution in [2.24, 2.45) is 5.41 Å². The van der Waals surface area contributed by atoms with E-state index < -0.39 is 0 Å². The number of hydrogen-bond acceptors (Lipinski definition) is 2. The van der Waals surface area contributed by atoms with Gasteiger partial charge in [0.1, 0.15) is 0 Å². The van der Waals surface area contributed by atoms with Crippen molar-refractivity contribution in [2.75, 3.05) is 6.61 Å². The first-order valence-electron chi connectivity index (χ1n) is 6.93. The second-order valence-electron chi connectivity index (χ2n) is 5.97. The molecule has 1 aliphatic rings. The molecule has 1 N–H and O–H groups in total. The maximum Gasteiger partial charge on any atom is 0.0852 e. The van der Waals surface area contributed by atoms with Crippen molar-refractivity contribution in [3.63, 3.8) is 0 Å². The summed E-state index contributed by atoms with van der Waals surface area (Å²) in [7, 11) is 0. The van der Waals surface area contributed by atoms with E-state index in [2.05, 4.69) is 38.1 Å². The molecule has 1 fully saturated rings. The predicted molar refractivity (Wildman–Crippen MR) is 73.5 cm³/mol. The van der Waals surface area contributed by atoms with Gasteiger partial charge in [0.15, 0.2) is 0 Å². The number of ether oxygens (including phenoxy) is 1. The molecule has 0 saturated heterocycles. The van der Waals surface area contributed by atoms with E-state index >= 15 is 0 Å². The third-order valence-electron chi connectivity index (χ3n) is 4.01. The summed E-state index contributed by atoms with van der Waals surface area (Å²) in [5, 5.41) is 10.1. The first kappa shape index (κ1) is 13.6. The molecule has 18 heavy (non-hydrogen) atoms. The Kier molecular flexibility index (Phi) is 4.41. The van der Waals surface area contributed by atoms with Crippen LogP contribution < -0.4 is 0 Å². The monoisotopic (exact) mass is 248 g/mol. The number of aliphatic hydroxyl groups excluding tert-OH is 1. The normalized spacial score (nSPS) is 26.4. The number of aryl methyl sites for hydroxylation is 1. The van der Waals surface area contributed by atoms with E-state index in [9.17, 15) is 5.11 Å². The van der Waals surface area contributed by atoms with Gasteiger partial charge in [-0.25, -0.2) is 0 Å². The van der Waals surface area contributed by atoms with Crippen LogP contribution in [0.4, 0.5) is 0 Å². The highest BCUT2D eigenvalue weighted by atomic mass is 16.5. The van der Waals surface area contributed by atoms with Crippen LogP contribution in [0.1, 0.15) is 38.7 Å². The Balaban J connectivity index is 1.68. The van der Waals surface area contributed by atoms with E-state index in [4.69, 9.17) is 4.74 Å². The molecule has 1 saturated carbocycles. The number of aliphatic hydroxyl groups is 1. The van der Waals surface area contributed by atoms with Gasteiger partial charge in [-0.15, -0.1) is 0 Å². The Morgan fingerprint density at radius 1 is 1.28 bits per heavy atom. The van der Waals surface area contributed by atoms with Gasteiger partial charge in [0, 0.05) is 6.61 Å². The summed E-state index contributed by atoms with van der Waals surface area (Å²) in [6, 6.07) is 10.5. The van der Waals surface area contributed by atoms with Crippen molar-refractivity contribution in [3.05, 3.63) is 35.9 Å². The van der Waals surface area contributed by atoms with Crippen molar-refractivity contribution in [2.45, 2.75) is 51.7 Å². The number of benzene rings is 1. The smallest absolute Gasteiger partial charge is 0.0852 e. The fourth-order valence-electron chi connectivity index (χ4n) is 2.65. The molecule has 0 bridgehead atoms. The van der Waals surface area contributed by atoms with Gasteiger partial charge < -0.3 is 9.84 Å². The van der Waals surface area contributed by atoms with E-state index in [0.29, 0.717) is 0 Å². The van der Waals surface area contributed by atoms with Gasteiger partial charge in [0.05, 0.1) is 12.2 Å². The molecule has 2 rings (SSSR count). The third kappa shape index (κ3) is 3.33. The Morgan fingerprint density at radius 2 is 2.00 bits per heavy atom. The van der Waals surface area contributed by atoms with E-state index in [1.54, 1.807) is 0 Å². The first-order chi connectivity index (χ1) is 8.59. The lowest BCUT2D eigenvalue weighted by atomic mass is 9.89. The third-order valence-corrected chi connectivity index (χ3v) is 4.01. The zero-order valence-corrected chi connectivity index (χ0v) is 11.4. The van der Waals surface area contributed by atoms with Crippen LogP contribution >= 0.6 is 0 Å². The van der Waals surface area contributed by atoms with Crippen molar-refractivity contribution in [1.29, 1.82) is 0 Å². The van der Waals surface area contributed by atoms with Crippen LogP contribution in [0.5, 0.6) is 0 Å². The molecule has 0 amide bonds. The van der Waals surface area contributed by atoms with Crippen LogP contribution in [0.2, 0.25) is 0 Å². The molecular weight excluding hydrogens is 224 g/mol. The highest BCUT2D eigenvalue weighted by Crippen LogP contribution is 2.38. The molecule has 2 nitrogen and oxygen atoms in total. The lowest BCUT2D eigenvalue weighted by Crippen LogP contribution is -2.33. The summed E-state index contributed by atoms with van der Waals surface area (Å²) < 4.78 is 5.82. The summed E-state index contributed by atoms with van der Waals surface area (Å²) in [6.45, 7) is 4.97. The van der Waals surface area contributed by atoms with Crippen LogP contribution in [0, 0.1) is 5.41 Å². The number of rotatable bonds is 5. The summed E-state index contributed by atoms with van der Waals surface area (Å²) >= 11 is 0. The SMILES string of the molecule is CC1(C)CCC(OCCCc2ccccc2)C1O. The number of hydrogen-bond donors (Lipinski definition) is 1. The van der Waals surface area contributed by atoms with Gasteiger partial charge in [0.2, 0.25) is 0 Å². The minimum Gasteiger partial charge on any atom is -0.390 e. The van der Waals surface area contributed by atoms with Crippen molar-refractivity contribution in [3.8, 4) is 0 Å². The quantitative estimate of drug-likeness (QED) is 0.811. The standard InChI is InChI=1S/C16H24O2/c1-16(2)11-10-14(15(16)17)18-12-6-9-13-7-4-3-5-8-13/h3-5,7-8,14-15,17H,6,9-12H2,1-2H3. The molecule has 2 atom stereocenters. The summed E-state index contributed by atoms with van der Waals surface area (Å²) in [4.78, 5) is 0. The molecule has 1 aromatic carbocycles. The minimum absolute atomic E-state index is 0.0180. The van der Waals surface area contributed by atoms with E-state index in [1.165, 1.54) is 5.56 Å². The molecule has 0 spiro atoms. The highest BCUT2D eigenvalue weighted by Gasteiger charge is 2.41. The Labute approximate surface area is 110 Å². The fourth-order valence-corrected chi connectivity index (χ4v) is 2.65. The van der Waals surface area contributed by atoms with Crippen LogP contribution in [-0.4, -0.2) is 23.9 Å². The van der Waals surface area contributed by atoms with Crippen LogP contribution in [-0.2, 0) is 11.2 Å². The summed E-state index contributed by atoms with van der Waals surface area (Å²) in [5.41, 5.74) is 1.37. The van der Waals surface area contributed by atoms with E-state index in [1.807, 2.05) is 6.07 Å². The Morgan fingerprint density at radius 3 is 2.61 bits per heavy atom. The fraction of sp³-hybridized carbons (Fsp3) is 0.625. The summed E-state index contributed by atoms with van der Waals surface area (Å²) in [6.07, 6.45) is 3.84. The lowest BCUT2D eigenvalue weighted by Gasteiger charge is -2.25. The molecule has 1 aromatic rings. The largest absolute Gasteiger partial charge is 0.390 e. The van der Waals surface area contributed by atoms with Gasteiger partial charge in [-0.3, -0.25) is 0 Å². The molecule has 0 aliphatic heterocycles. The second kappa shape index (κ2) is 5.85. The maximum absolute atomic E-state index is 10.1. The molecule has 2 unspecified atom stereocenters. The molecule has 0 heterocycles. The van der Waals surface area contributed by atoms with Crippen LogP contribution in [0.3, 0.4) is 0 Å². The zero-order chi connectivity index (χ0) is 13.0. The Hall–Kier alpha value is -0.860. The van der Waals surface area contributed by atoms with Crippen molar-refractivity contribution in [1.82, 2.24) is 0 Å².